The van der Waals surface area contributed by atoms with Gasteiger partial charge in [0.25, 0.3) is 0 Å². The molecule has 0 N–H and O–H groups in total. The molecule has 0 unspecified atom stereocenters. The van der Waals surface area contributed by atoms with Crippen molar-refractivity contribution >= 4 is 10.9 Å². The zero-order valence-corrected chi connectivity index (χ0v) is 10.8. The van der Waals surface area contributed by atoms with Crippen LogP contribution in [-0.2, 0) is 5.41 Å². The van der Waals surface area contributed by atoms with E-state index in [0.29, 0.717) is 0 Å². The van der Waals surface area contributed by atoms with Crippen LogP contribution in [0.5, 0.6) is 0 Å². The fraction of sp³-hybridized carbons (Fsp3) is 0.429. The molecule has 0 saturated carbocycles. The second kappa shape index (κ2) is 5.06. The summed E-state index contributed by atoms with van der Waals surface area (Å²) in [6.45, 7) is 10.6. The highest BCUT2D eigenvalue weighted by Gasteiger charge is 2.16. The largest absolute Gasteiger partial charge is 0.262 e. The van der Waals surface area contributed by atoms with E-state index in [1.807, 2.05) is 38.5 Å². The molecule has 0 fully saturated rings. The molecule has 0 spiro atoms. The summed E-state index contributed by atoms with van der Waals surface area (Å²) in [6, 6.07) is 4.12. The lowest BCUT2D eigenvalue weighted by Crippen LogP contribution is -2.11. The van der Waals surface area contributed by atoms with Crippen molar-refractivity contribution in [3.05, 3.63) is 36.3 Å². The van der Waals surface area contributed by atoms with Crippen molar-refractivity contribution in [2.24, 2.45) is 0 Å². The number of hydrogen-bond donors (Lipinski definition) is 0. The van der Waals surface area contributed by atoms with E-state index in [1.165, 1.54) is 10.9 Å². The van der Waals surface area contributed by atoms with E-state index in [9.17, 15) is 0 Å². The number of fused-ring (bicyclic) bond motifs is 1. The van der Waals surface area contributed by atoms with Crippen molar-refractivity contribution in [2.45, 2.75) is 40.0 Å². The SMILES string of the molecule is CC.CC(C)(C)c1ccnc2cnccc12. The topological polar surface area (TPSA) is 25.8 Å². The summed E-state index contributed by atoms with van der Waals surface area (Å²) in [6.07, 6.45) is 5.48. The van der Waals surface area contributed by atoms with Gasteiger partial charge < -0.3 is 0 Å². The van der Waals surface area contributed by atoms with Crippen molar-refractivity contribution in [3.63, 3.8) is 0 Å². The summed E-state index contributed by atoms with van der Waals surface area (Å²) < 4.78 is 0. The number of pyridine rings is 2. The minimum atomic E-state index is 0.155. The predicted octanol–water partition coefficient (Wildman–Crippen LogP) is 3.95. The van der Waals surface area contributed by atoms with Gasteiger partial charge in [0, 0.05) is 17.8 Å². The number of rotatable bonds is 0. The molecular formula is C14H20N2. The standard InChI is InChI=1S/C12H14N2.C2H6/c1-12(2,3)10-5-7-14-11-8-13-6-4-9(10)11;1-2/h4-8H,1-3H3;1-2H3. The molecule has 0 amide bonds. The second-order valence-corrected chi connectivity index (χ2v) is 4.50. The average molecular weight is 216 g/mol. The first-order valence-corrected chi connectivity index (χ1v) is 5.78. The molecule has 0 aromatic carbocycles. The van der Waals surface area contributed by atoms with E-state index in [4.69, 9.17) is 0 Å². The van der Waals surface area contributed by atoms with E-state index >= 15 is 0 Å². The van der Waals surface area contributed by atoms with E-state index in [-0.39, 0.29) is 5.41 Å². The molecule has 86 valence electrons. The molecule has 2 rings (SSSR count). The van der Waals surface area contributed by atoms with Gasteiger partial charge in [-0.25, -0.2) is 0 Å². The highest BCUT2D eigenvalue weighted by Crippen LogP contribution is 2.27. The molecule has 0 radical (unpaired) electrons. The van der Waals surface area contributed by atoms with Crippen LogP contribution in [0.3, 0.4) is 0 Å². The fourth-order valence-electron chi connectivity index (χ4n) is 1.65. The van der Waals surface area contributed by atoms with Gasteiger partial charge in [0.15, 0.2) is 0 Å². The summed E-state index contributed by atoms with van der Waals surface area (Å²) in [5.41, 5.74) is 2.45. The monoisotopic (exact) mass is 216 g/mol. The Morgan fingerprint density at radius 3 is 2.31 bits per heavy atom. The molecule has 2 heteroatoms. The summed E-state index contributed by atoms with van der Waals surface area (Å²) in [5.74, 6) is 0. The Kier molecular flexibility index (Phi) is 3.99. The molecule has 0 atom stereocenters. The van der Waals surface area contributed by atoms with Gasteiger partial charge in [0.2, 0.25) is 0 Å². The molecule has 2 aromatic rings. The third-order valence-electron chi connectivity index (χ3n) is 2.35. The van der Waals surface area contributed by atoms with Gasteiger partial charge in [-0.15, -0.1) is 0 Å². The predicted molar refractivity (Wildman–Crippen MR) is 69.6 cm³/mol. The lowest BCUT2D eigenvalue weighted by atomic mass is 9.85. The van der Waals surface area contributed by atoms with Crippen molar-refractivity contribution in [1.82, 2.24) is 9.97 Å². The van der Waals surface area contributed by atoms with Crippen LogP contribution >= 0.6 is 0 Å². The fourth-order valence-corrected chi connectivity index (χ4v) is 1.65. The van der Waals surface area contributed by atoms with Gasteiger partial charge in [-0.3, -0.25) is 9.97 Å². The lowest BCUT2D eigenvalue weighted by molar-refractivity contribution is 0.595. The Balaban J connectivity index is 0.000000606. The van der Waals surface area contributed by atoms with Gasteiger partial charge in [-0.05, 0) is 23.1 Å². The van der Waals surface area contributed by atoms with Crippen LogP contribution in [0.1, 0.15) is 40.2 Å². The van der Waals surface area contributed by atoms with Crippen molar-refractivity contribution < 1.29 is 0 Å². The van der Waals surface area contributed by atoms with Crippen LogP contribution in [-0.4, -0.2) is 9.97 Å². The summed E-state index contributed by atoms with van der Waals surface area (Å²) in [5, 5.41) is 1.20. The van der Waals surface area contributed by atoms with E-state index in [0.717, 1.165) is 5.52 Å². The van der Waals surface area contributed by atoms with Crippen LogP contribution in [0.15, 0.2) is 30.7 Å². The maximum absolute atomic E-state index is 4.29. The van der Waals surface area contributed by atoms with Crippen LogP contribution in [0.2, 0.25) is 0 Å². The van der Waals surface area contributed by atoms with Gasteiger partial charge in [0.1, 0.15) is 0 Å². The maximum atomic E-state index is 4.29. The number of nitrogens with zero attached hydrogens (tertiary/aromatic N) is 2. The van der Waals surface area contributed by atoms with Crippen LogP contribution < -0.4 is 0 Å². The Morgan fingerprint density at radius 2 is 1.69 bits per heavy atom. The summed E-state index contributed by atoms with van der Waals surface area (Å²) in [7, 11) is 0. The van der Waals surface area contributed by atoms with Crippen molar-refractivity contribution in [2.75, 3.05) is 0 Å². The van der Waals surface area contributed by atoms with Crippen molar-refractivity contribution in [3.8, 4) is 0 Å². The smallest absolute Gasteiger partial charge is 0.0888 e. The molecule has 2 heterocycles. The molecule has 0 aliphatic rings. The highest BCUT2D eigenvalue weighted by atomic mass is 14.7. The van der Waals surface area contributed by atoms with Crippen LogP contribution in [0, 0.1) is 0 Å². The second-order valence-electron chi connectivity index (χ2n) is 4.50. The highest BCUT2D eigenvalue weighted by molar-refractivity contribution is 5.81. The van der Waals surface area contributed by atoms with Gasteiger partial charge >= 0.3 is 0 Å². The third kappa shape index (κ3) is 2.57. The first kappa shape index (κ1) is 12.6. The molecule has 0 aliphatic carbocycles. The normalized spacial score (nSPS) is 10.8. The maximum Gasteiger partial charge on any atom is 0.0888 e. The zero-order valence-electron chi connectivity index (χ0n) is 10.8. The first-order valence-electron chi connectivity index (χ1n) is 5.78. The Labute approximate surface area is 97.7 Å². The average Bonchev–Trinajstić information content (AvgIpc) is 2.30. The minimum absolute atomic E-state index is 0.155. The molecular weight excluding hydrogens is 196 g/mol. The molecule has 0 saturated heterocycles. The van der Waals surface area contributed by atoms with Gasteiger partial charge in [-0.2, -0.15) is 0 Å². The zero-order chi connectivity index (χ0) is 12.2. The van der Waals surface area contributed by atoms with Crippen LogP contribution in [0.4, 0.5) is 0 Å². The summed E-state index contributed by atoms with van der Waals surface area (Å²) >= 11 is 0. The molecule has 16 heavy (non-hydrogen) atoms. The van der Waals surface area contributed by atoms with E-state index < -0.39 is 0 Å². The molecule has 2 aromatic heterocycles. The van der Waals surface area contributed by atoms with Crippen molar-refractivity contribution in [1.29, 1.82) is 0 Å². The lowest BCUT2D eigenvalue weighted by Gasteiger charge is -2.20. The quantitative estimate of drug-likeness (QED) is 0.666. The van der Waals surface area contributed by atoms with E-state index in [1.54, 1.807) is 0 Å². The summed E-state index contributed by atoms with van der Waals surface area (Å²) in [4.78, 5) is 8.37. The Bertz CT molecular complexity index is 450. The van der Waals surface area contributed by atoms with Crippen LogP contribution in [0.25, 0.3) is 10.9 Å². The van der Waals surface area contributed by atoms with Gasteiger partial charge in [-0.1, -0.05) is 34.6 Å². The minimum Gasteiger partial charge on any atom is -0.262 e. The first-order chi connectivity index (χ1) is 7.59. The van der Waals surface area contributed by atoms with Gasteiger partial charge in [0.05, 0.1) is 11.7 Å². The molecule has 0 bridgehead atoms. The Hall–Kier alpha value is -1.44. The number of aromatic nitrogens is 2. The molecule has 2 nitrogen and oxygen atoms in total. The Morgan fingerprint density at radius 1 is 1.00 bits per heavy atom. The van der Waals surface area contributed by atoms with E-state index in [2.05, 4.69) is 36.8 Å². The molecule has 0 aliphatic heterocycles. The number of hydrogen-bond acceptors (Lipinski definition) is 2. The third-order valence-corrected chi connectivity index (χ3v) is 2.35.